The van der Waals surface area contributed by atoms with E-state index in [-0.39, 0.29) is 0 Å². The van der Waals surface area contributed by atoms with Gasteiger partial charge in [0.2, 0.25) is 0 Å². The highest BCUT2D eigenvalue weighted by atomic mass is 16.5. The van der Waals surface area contributed by atoms with Gasteiger partial charge in [-0.2, -0.15) is 0 Å². The standard InChI is InChI=1S/C15H25NO/c1-4-5-12(2)15(16)11-8-13-6-9-14(17-3)10-7-13/h6-7,9-10,12,15H,4-5,8,11,16H2,1-3H3. The molecule has 0 saturated heterocycles. The summed E-state index contributed by atoms with van der Waals surface area (Å²) in [6.07, 6.45) is 4.56. The molecule has 0 aromatic heterocycles. The first-order chi connectivity index (χ1) is 8.17. The van der Waals surface area contributed by atoms with Crippen molar-refractivity contribution in [2.75, 3.05) is 7.11 Å². The number of hydrogen-bond donors (Lipinski definition) is 1. The zero-order valence-electron chi connectivity index (χ0n) is 11.3. The van der Waals surface area contributed by atoms with Gasteiger partial charge in [-0.15, -0.1) is 0 Å². The predicted octanol–water partition coefficient (Wildman–Crippen LogP) is 3.39. The predicted molar refractivity (Wildman–Crippen MR) is 73.4 cm³/mol. The van der Waals surface area contributed by atoms with Crippen LogP contribution in [0.4, 0.5) is 0 Å². The molecule has 1 rings (SSSR count). The lowest BCUT2D eigenvalue weighted by atomic mass is 9.93. The van der Waals surface area contributed by atoms with E-state index in [9.17, 15) is 0 Å². The number of aryl methyl sites for hydroxylation is 1. The van der Waals surface area contributed by atoms with Crippen LogP contribution < -0.4 is 10.5 Å². The van der Waals surface area contributed by atoms with Crippen molar-refractivity contribution in [3.8, 4) is 5.75 Å². The lowest BCUT2D eigenvalue weighted by molar-refractivity contribution is 0.402. The number of methoxy groups -OCH3 is 1. The van der Waals surface area contributed by atoms with Crippen LogP contribution in [0.2, 0.25) is 0 Å². The molecule has 0 amide bonds. The van der Waals surface area contributed by atoms with Gasteiger partial charge >= 0.3 is 0 Å². The smallest absolute Gasteiger partial charge is 0.118 e. The molecule has 2 heteroatoms. The largest absolute Gasteiger partial charge is 0.497 e. The van der Waals surface area contributed by atoms with Gasteiger partial charge in [0.15, 0.2) is 0 Å². The van der Waals surface area contributed by atoms with Gasteiger partial charge < -0.3 is 10.5 Å². The average molecular weight is 235 g/mol. The Hall–Kier alpha value is -1.02. The van der Waals surface area contributed by atoms with Gasteiger partial charge in [0.25, 0.3) is 0 Å². The van der Waals surface area contributed by atoms with Gasteiger partial charge in [0.05, 0.1) is 7.11 Å². The van der Waals surface area contributed by atoms with E-state index >= 15 is 0 Å². The van der Waals surface area contributed by atoms with Crippen LogP contribution in [0.15, 0.2) is 24.3 Å². The Morgan fingerprint density at radius 2 is 1.82 bits per heavy atom. The summed E-state index contributed by atoms with van der Waals surface area (Å²) in [5.41, 5.74) is 7.52. The maximum atomic E-state index is 6.18. The Balaban J connectivity index is 2.38. The number of benzene rings is 1. The molecule has 1 aromatic rings. The van der Waals surface area contributed by atoms with Gasteiger partial charge in [-0.25, -0.2) is 0 Å². The Morgan fingerprint density at radius 3 is 2.35 bits per heavy atom. The third kappa shape index (κ3) is 4.78. The zero-order chi connectivity index (χ0) is 12.7. The second-order valence-corrected chi connectivity index (χ2v) is 4.82. The molecule has 0 saturated carbocycles. The van der Waals surface area contributed by atoms with E-state index in [1.165, 1.54) is 18.4 Å². The summed E-state index contributed by atoms with van der Waals surface area (Å²) in [6.45, 7) is 4.47. The highest BCUT2D eigenvalue weighted by Crippen LogP contribution is 2.16. The molecule has 0 bridgehead atoms. The SMILES string of the molecule is CCCC(C)C(N)CCc1ccc(OC)cc1. The van der Waals surface area contributed by atoms with E-state index < -0.39 is 0 Å². The molecule has 2 atom stereocenters. The highest BCUT2D eigenvalue weighted by molar-refractivity contribution is 5.27. The summed E-state index contributed by atoms with van der Waals surface area (Å²) >= 11 is 0. The number of hydrogen-bond acceptors (Lipinski definition) is 2. The normalized spacial score (nSPS) is 14.4. The van der Waals surface area contributed by atoms with E-state index in [1.807, 2.05) is 12.1 Å². The molecule has 0 aliphatic carbocycles. The number of ether oxygens (including phenoxy) is 1. The molecule has 2 unspecified atom stereocenters. The van der Waals surface area contributed by atoms with E-state index in [0.29, 0.717) is 12.0 Å². The Kier molecular flexibility index (Phi) is 6.06. The van der Waals surface area contributed by atoms with Crippen LogP contribution in [-0.2, 0) is 6.42 Å². The van der Waals surface area contributed by atoms with Crippen LogP contribution in [0.25, 0.3) is 0 Å². The van der Waals surface area contributed by atoms with E-state index in [0.717, 1.165) is 18.6 Å². The topological polar surface area (TPSA) is 35.2 Å². The van der Waals surface area contributed by atoms with Crippen LogP contribution >= 0.6 is 0 Å². The highest BCUT2D eigenvalue weighted by Gasteiger charge is 2.11. The fourth-order valence-corrected chi connectivity index (χ4v) is 2.08. The van der Waals surface area contributed by atoms with Crippen LogP contribution in [0.1, 0.15) is 38.7 Å². The van der Waals surface area contributed by atoms with Crippen molar-refractivity contribution in [1.29, 1.82) is 0 Å². The third-order valence-corrected chi connectivity index (χ3v) is 3.40. The first-order valence-electron chi connectivity index (χ1n) is 6.55. The summed E-state index contributed by atoms with van der Waals surface area (Å²) in [5, 5.41) is 0. The Morgan fingerprint density at radius 1 is 1.18 bits per heavy atom. The maximum Gasteiger partial charge on any atom is 0.118 e. The number of nitrogens with two attached hydrogens (primary N) is 1. The van der Waals surface area contributed by atoms with Crippen molar-refractivity contribution in [2.24, 2.45) is 11.7 Å². The van der Waals surface area contributed by atoms with Crippen molar-refractivity contribution >= 4 is 0 Å². The van der Waals surface area contributed by atoms with E-state index in [2.05, 4.69) is 26.0 Å². The first kappa shape index (κ1) is 14.0. The van der Waals surface area contributed by atoms with Crippen molar-refractivity contribution in [2.45, 2.75) is 45.6 Å². The first-order valence-corrected chi connectivity index (χ1v) is 6.55. The summed E-state index contributed by atoms with van der Waals surface area (Å²) in [6, 6.07) is 8.58. The molecule has 0 aliphatic heterocycles. The lowest BCUT2D eigenvalue weighted by Gasteiger charge is -2.19. The molecule has 0 spiro atoms. The van der Waals surface area contributed by atoms with Gasteiger partial charge in [0.1, 0.15) is 5.75 Å². The fourth-order valence-electron chi connectivity index (χ4n) is 2.08. The van der Waals surface area contributed by atoms with Crippen molar-refractivity contribution in [3.63, 3.8) is 0 Å². The molecule has 0 radical (unpaired) electrons. The second-order valence-electron chi connectivity index (χ2n) is 4.82. The minimum absolute atomic E-state index is 0.317. The molecule has 0 heterocycles. The van der Waals surface area contributed by atoms with E-state index in [4.69, 9.17) is 10.5 Å². The van der Waals surface area contributed by atoms with Crippen molar-refractivity contribution in [1.82, 2.24) is 0 Å². The van der Waals surface area contributed by atoms with E-state index in [1.54, 1.807) is 7.11 Å². The van der Waals surface area contributed by atoms with Gasteiger partial charge in [-0.1, -0.05) is 32.4 Å². The molecule has 0 aliphatic rings. The molecule has 96 valence electrons. The minimum atomic E-state index is 0.317. The Labute approximate surface area is 105 Å². The van der Waals surface area contributed by atoms with Gasteiger partial charge in [-0.3, -0.25) is 0 Å². The van der Waals surface area contributed by atoms with Gasteiger partial charge in [0, 0.05) is 6.04 Å². The number of rotatable bonds is 7. The molecular weight excluding hydrogens is 210 g/mol. The maximum absolute atomic E-state index is 6.18. The lowest BCUT2D eigenvalue weighted by Crippen LogP contribution is -2.28. The molecule has 1 aromatic carbocycles. The molecular formula is C15H25NO. The second kappa shape index (κ2) is 7.33. The summed E-state index contributed by atoms with van der Waals surface area (Å²) < 4.78 is 5.14. The molecule has 2 nitrogen and oxygen atoms in total. The van der Waals surface area contributed by atoms with Gasteiger partial charge in [-0.05, 0) is 42.9 Å². The van der Waals surface area contributed by atoms with Crippen LogP contribution in [0, 0.1) is 5.92 Å². The quantitative estimate of drug-likeness (QED) is 0.786. The van der Waals surface area contributed by atoms with Crippen LogP contribution in [0.3, 0.4) is 0 Å². The molecule has 17 heavy (non-hydrogen) atoms. The summed E-state index contributed by atoms with van der Waals surface area (Å²) in [4.78, 5) is 0. The third-order valence-electron chi connectivity index (χ3n) is 3.40. The Bertz CT molecular complexity index is 307. The molecule has 2 N–H and O–H groups in total. The van der Waals surface area contributed by atoms with Crippen molar-refractivity contribution in [3.05, 3.63) is 29.8 Å². The van der Waals surface area contributed by atoms with Crippen molar-refractivity contribution < 1.29 is 4.74 Å². The van der Waals surface area contributed by atoms with Crippen LogP contribution in [-0.4, -0.2) is 13.2 Å². The summed E-state index contributed by atoms with van der Waals surface area (Å²) in [5.74, 6) is 1.54. The average Bonchev–Trinajstić information content (AvgIpc) is 2.36. The minimum Gasteiger partial charge on any atom is -0.497 e. The monoisotopic (exact) mass is 235 g/mol. The van der Waals surface area contributed by atoms with Crippen LogP contribution in [0.5, 0.6) is 5.75 Å². The summed E-state index contributed by atoms with van der Waals surface area (Å²) in [7, 11) is 1.69. The molecule has 0 fully saturated rings. The fraction of sp³-hybridized carbons (Fsp3) is 0.600. The zero-order valence-corrected chi connectivity index (χ0v) is 11.3.